The molecule has 0 unspecified atom stereocenters. The largest absolute Gasteiger partial charge is 0.494 e. The van der Waals surface area contributed by atoms with Crippen molar-refractivity contribution < 1.29 is 4.74 Å². The van der Waals surface area contributed by atoms with Crippen molar-refractivity contribution in [3.8, 4) is 23.2 Å². The van der Waals surface area contributed by atoms with Gasteiger partial charge in [-0.15, -0.1) is 21.8 Å². The van der Waals surface area contributed by atoms with E-state index in [-0.39, 0.29) is 5.69 Å². The van der Waals surface area contributed by atoms with Gasteiger partial charge in [0.25, 0.3) is 0 Å². The molecular formula is C25H25ClN12O. The van der Waals surface area contributed by atoms with Crippen LogP contribution in [0.25, 0.3) is 22.6 Å². The van der Waals surface area contributed by atoms with Gasteiger partial charge in [-0.25, -0.2) is 15.0 Å². The Morgan fingerprint density at radius 2 is 1.95 bits per heavy atom. The average molecular weight is 545 g/mol. The first kappa shape index (κ1) is 25.7. The Morgan fingerprint density at radius 1 is 1.08 bits per heavy atom. The number of H-pyrrole nitrogens is 1. The molecule has 4 aromatic heterocycles. The Balaban J connectivity index is 1.49. The molecule has 14 heteroatoms. The summed E-state index contributed by atoms with van der Waals surface area (Å²) in [6.07, 6.45) is 0.776. The molecule has 5 rings (SSSR count). The first-order valence-corrected chi connectivity index (χ1v) is 12.6. The molecule has 0 atom stereocenters. The van der Waals surface area contributed by atoms with E-state index in [0.29, 0.717) is 75.2 Å². The maximum atomic E-state index is 9.60. The highest BCUT2D eigenvalue weighted by Crippen LogP contribution is 2.38. The van der Waals surface area contributed by atoms with Crippen molar-refractivity contribution in [1.29, 1.82) is 5.26 Å². The number of benzene rings is 1. The lowest BCUT2D eigenvalue weighted by atomic mass is 10.1. The van der Waals surface area contributed by atoms with Gasteiger partial charge < -0.3 is 25.7 Å². The van der Waals surface area contributed by atoms with Crippen LogP contribution in [0.2, 0.25) is 0 Å². The van der Waals surface area contributed by atoms with Gasteiger partial charge in [-0.3, -0.25) is 0 Å². The number of tetrazole rings is 1. The third-order valence-corrected chi connectivity index (χ3v) is 5.96. The molecule has 4 N–H and O–H groups in total. The van der Waals surface area contributed by atoms with Gasteiger partial charge in [-0.05, 0) is 42.8 Å². The zero-order chi connectivity index (χ0) is 27.4. The first-order chi connectivity index (χ1) is 19.0. The second-order valence-electron chi connectivity index (χ2n) is 8.49. The van der Waals surface area contributed by atoms with Gasteiger partial charge in [-0.2, -0.15) is 10.1 Å². The van der Waals surface area contributed by atoms with Crippen LogP contribution in [0.15, 0.2) is 36.4 Å². The van der Waals surface area contributed by atoms with Crippen LogP contribution < -0.4 is 20.7 Å². The van der Waals surface area contributed by atoms with E-state index in [9.17, 15) is 5.26 Å². The standard InChI is InChI=1S/C25H25ClN12O/c1-14-29-22-18(31-17-7-4-6-15(23(17)39-3)24-35-37-38(2)36-24)12-21(34-25(22)30-14)33-20-9-8-16(19(13-27)32-20)28-11-5-10-26/h4,6-9,12,28H,5,10-11H2,1-3H3,(H3,29,30,31,32,33,34). The van der Waals surface area contributed by atoms with Crippen molar-refractivity contribution in [3.05, 3.63) is 47.9 Å². The highest BCUT2D eigenvalue weighted by Gasteiger charge is 2.18. The number of rotatable bonds is 10. The molecule has 0 aliphatic carbocycles. The van der Waals surface area contributed by atoms with Gasteiger partial charge in [0.1, 0.15) is 29.0 Å². The molecular weight excluding hydrogens is 520 g/mol. The number of fused-ring (bicyclic) bond motifs is 1. The summed E-state index contributed by atoms with van der Waals surface area (Å²) in [6.45, 7) is 2.51. The number of hydrogen-bond acceptors (Lipinski definition) is 11. The minimum atomic E-state index is 0.269. The number of nitrogens with one attached hydrogen (secondary N) is 4. The quantitative estimate of drug-likeness (QED) is 0.146. The van der Waals surface area contributed by atoms with Crippen LogP contribution in [0.3, 0.4) is 0 Å². The zero-order valence-corrected chi connectivity index (χ0v) is 22.2. The molecule has 0 fully saturated rings. The Bertz CT molecular complexity index is 1670. The van der Waals surface area contributed by atoms with E-state index >= 15 is 0 Å². The summed E-state index contributed by atoms with van der Waals surface area (Å²) < 4.78 is 5.73. The summed E-state index contributed by atoms with van der Waals surface area (Å²) in [5.74, 6) is 3.20. The molecule has 0 saturated heterocycles. The van der Waals surface area contributed by atoms with Crippen molar-refractivity contribution in [2.75, 3.05) is 35.5 Å². The fourth-order valence-electron chi connectivity index (χ4n) is 4.01. The molecule has 0 aliphatic heterocycles. The van der Waals surface area contributed by atoms with E-state index in [2.05, 4.69) is 57.4 Å². The number of ether oxygens (including phenoxy) is 1. The number of imidazole rings is 1. The summed E-state index contributed by atoms with van der Waals surface area (Å²) in [7, 11) is 3.29. The molecule has 13 nitrogen and oxygen atoms in total. The first-order valence-electron chi connectivity index (χ1n) is 12.0. The highest BCUT2D eigenvalue weighted by molar-refractivity contribution is 6.17. The fraction of sp³-hybridized carbons (Fsp3) is 0.240. The van der Waals surface area contributed by atoms with Gasteiger partial charge >= 0.3 is 0 Å². The van der Waals surface area contributed by atoms with Gasteiger partial charge in [0.2, 0.25) is 5.82 Å². The second-order valence-corrected chi connectivity index (χ2v) is 8.87. The lowest BCUT2D eigenvalue weighted by molar-refractivity contribution is 0.418. The van der Waals surface area contributed by atoms with E-state index in [1.165, 1.54) is 4.80 Å². The number of hydrogen-bond donors (Lipinski definition) is 4. The maximum Gasteiger partial charge on any atom is 0.208 e. The van der Waals surface area contributed by atoms with Gasteiger partial charge in [0, 0.05) is 18.5 Å². The number of pyridine rings is 2. The second kappa shape index (κ2) is 11.2. The highest BCUT2D eigenvalue weighted by atomic mass is 35.5. The molecule has 0 radical (unpaired) electrons. The maximum absolute atomic E-state index is 9.60. The van der Waals surface area contributed by atoms with Crippen molar-refractivity contribution in [1.82, 2.24) is 40.1 Å². The van der Waals surface area contributed by atoms with Crippen LogP contribution in [0, 0.1) is 18.3 Å². The molecule has 4 heterocycles. The third-order valence-electron chi connectivity index (χ3n) is 5.69. The summed E-state index contributed by atoms with van der Waals surface area (Å²) >= 11 is 5.75. The van der Waals surface area contributed by atoms with Crippen molar-refractivity contribution >= 4 is 51.5 Å². The van der Waals surface area contributed by atoms with E-state index in [4.69, 9.17) is 16.3 Å². The number of para-hydroxylation sites is 1. The SMILES string of the molecule is COc1c(Nc2cc(Nc3ccc(NCCCCl)c(C#N)n3)nc3[nH]c(C)nc23)cccc1-c1nnn(C)n1. The minimum absolute atomic E-state index is 0.269. The number of aromatic nitrogens is 8. The van der Waals surface area contributed by atoms with Crippen LogP contribution in [-0.2, 0) is 7.05 Å². The van der Waals surface area contributed by atoms with Crippen LogP contribution in [0.5, 0.6) is 5.75 Å². The van der Waals surface area contributed by atoms with Crippen LogP contribution in [-0.4, -0.2) is 59.7 Å². The number of anilines is 5. The molecule has 1 aromatic carbocycles. The van der Waals surface area contributed by atoms with Crippen LogP contribution in [0.1, 0.15) is 17.9 Å². The Hall–Kier alpha value is -4.96. The summed E-state index contributed by atoms with van der Waals surface area (Å²) in [4.78, 5) is 18.3. The molecule has 0 amide bonds. The van der Waals surface area contributed by atoms with Crippen LogP contribution >= 0.6 is 11.6 Å². The number of nitriles is 1. The average Bonchev–Trinajstić information content (AvgIpc) is 3.54. The normalized spacial score (nSPS) is 10.8. The Labute approximate surface area is 228 Å². The summed E-state index contributed by atoms with van der Waals surface area (Å²) in [5, 5.41) is 31.7. The van der Waals surface area contributed by atoms with E-state index in [1.807, 2.05) is 31.2 Å². The number of methoxy groups -OCH3 is 1. The minimum Gasteiger partial charge on any atom is -0.494 e. The van der Waals surface area contributed by atoms with Crippen molar-refractivity contribution in [3.63, 3.8) is 0 Å². The molecule has 0 aliphatic rings. The van der Waals surface area contributed by atoms with E-state index in [0.717, 1.165) is 6.42 Å². The number of aromatic amines is 1. The van der Waals surface area contributed by atoms with Gasteiger partial charge in [-0.1, -0.05) is 6.07 Å². The predicted molar refractivity (Wildman–Crippen MR) is 149 cm³/mol. The van der Waals surface area contributed by atoms with Crippen LogP contribution in [0.4, 0.5) is 28.7 Å². The van der Waals surface area contributed by atoms with E-state index in [1.54, 1.807) is 26.3 Å². The molecule has 198 valence electrons. The number of nitrogens with zero attached hydrogens (tertiary/aromatic N) is 8. The Morgan fingerprint density at radius 3 is 2.69 bits per heavy atom. The summed E-state index contributed by atoms with van der Waals surface area (Å²) in [5.41, 5.74) is 4.18. The number of aryl methyl sites for hydroxylation is 2. The Kier molecular flexibility index (Phi) is 7.37. The topological polar surface area (TPSA) is 167 Å². The number of alkyl halides is 1. The predicted octanol–water partition coefficient (Wildman–Crippen LogP) is 4.26. The van der Waals surface area contributed by atoms with Crippen molar-refractivity contribution in [2.24, 2.45) is 7.05 Å². The lowest BCUT2D eigenvalue weighted by Crippen LogP contribution is -2.06. The zero-order valence-electron chi connectivity index (χ0n) is 21.4. The molecule has 0 bridgehead atoms. The van der Waals surface area contributed by atoms with E-state index < -0.39 is 0 Å². The van der Waals surface area contributed by atoms with Gasteiger partial charge in [0.15, 0.2) is 17.1 Å². The number of halogens is 1. The molecule has 0 saturated carbocycles. The lowest BCUT2D eigenvalue weighted by Gasteiger charge is -2.15. The fourth-order valence-corrected chi connectivity index (χ4v) is 4.14. The third kappa shape index (κ3) is 5.51. The summed E-state index contributed by atoms with van der Waals surface area (Å²) in [6, 6.07) is 13.2. The van der Waals surface area contributed by atoms with Crippen molar-refractivity contribution in [2.45, 2.75) is 13.3 Å². The van der Waals surface area contributed by atoms with Gasteiger partial charge in [0.05, 0.1) is 36.8 Å². The molecule has 0 spiro atoms. The smallest absolute Gasteiger partial charge is 0.208 e. The molecule has 39 heavy (non-hydrogen) atoms. The monoisotopic (exact) mass is 544 g/mol. The molecule has 5 aromatic rings.